The molecule has 1 aromatic heterocycles. The number of amides is 1. The summed E-state index contributed by atoms with van der Waals surface area (Å²) in [5.74, 6) is -1.08. The summed E-state index contributed by atoms with van der Waals surface area (Å²) >= 11 is 12.0. The van der Waals surface area contributed by atoms with Crippen LogP contribution in [0.1, 0.15) is 34.5 Å². The van der Waals surface area contributed by atoms with Crippen molar-refractivity contribution in [1.29, 1.82) is 0 Å². The maximum Gasteiger partial charge on any atom is 0.262 e. The molecule has 7 heteroatoms. The molecule has 2 aromatic rings. The van der Waals surface area contributed by atoms with E-state index >= 15 is 4.39 Å². The van der Waals surface area contributed by atoms with Crippen LogP contribution in [0.5, 0.6) is 0 Å². The number of alkyl halides is 1. The molecule has 0 aliphatic heterocycles. The Morgan fingerprint density at radius 3 is 2.88 bits per heavy atom. The van der Waals surface area contributed by atoms with Crippen molar-refractivity contribution < 1.29 is 14.0 Å². The Balaban J connectivity index is 1.84. The largest absolute Gasteiger partial charge is 0.349 e. The summed E-state index contributed by atoms with van der Waals surface area (Å²) in [7, 11) is 0. The molecule has 3 rings (SSSR count). The minimum Gasteiger partial charge on any atom is -0.349 e. The van der Waals surface area contributed by atoms with Gasteiger partial charge in [-0.2, -0.15) is 0 Å². The smallest absolute Gasteiger partial charge is 0.262 e. The summed E-state index contributed by atoms with van der Waals surface area (Å²) in [6.45, 7) is 0.0352. The van der Waals surface area contributed by atoms with Crippen molar-refractivity contribution in [2.45, 2.75) is 25.1 Å². The molecule has 0 saturated carbocycles. The molecule has 1 aliphatic rings. The third-order valence-electron chi connectivity index (χ3n) is 4.03. The summed E-state index contributed by atoms with van der Waals surface area (Å²) in [4.78, 5) is 28.2. The molecule has 0 radical (unpaired) electrons. The van der Waals surface area contributed by atoms with Gasteiger partial charge in [0.1, 0.15) is 5.69 Å². The lowest BCUT2D eigenvalue weighted by molar-refractivity contribution is -0.134. The normalized spacial score (nSPS) is 19.7. The number of pyridine rings is 1. The number of hydrogen-bond donors (Lipinski definition) is 1. The maximum absolute atomic E-state index is 15.4. The van der Waals surface area contributed by atoms with Gasteiger partial charge in [0.25, 0.3) is 5.91 Å². The molecule has 0 spiro atoms. The van der Waals surface area contributed by atoms with E-state index in [1.165, 1.54) is 18.3 Å². The second kappa shape index (κ2) is 6.49. The lowest BCUT2D eigenvalue weighted by Crippen LogP contribution is -2.44. The van der Waals surface area contributed by atoms with Gasteiger partial charge in [-0.05, 0) is 17.7 Å². The van der Waals surface area contributed by atoms with Crippen LogP contribution in [0, 0.1) is 0 Å². The first kappa shape index (κ1) is 16.9. The average molecular weight is 367 g/mol. The fourth-order valence-corrected chi connectivity index (χ4v) is 3.11. The van der Waals surface area contributed by atoms with Crippen LogP contribution in [0.15, 0.2) is 36.5 Å². The molecule has 0 saturated heterocycles. The summed E-state index contributed by atoms with van der Waals surface area (Å²) in [5.41, 5.74) is -1.68. The molecule has 4 nitrogen and oxygen atoms in total. The Bertz CT molecular complexity index is 828. The fourth-order valence-electron chi connectivity index (χ4n) is 2.72. The van der Waals surface area contributed by atoms with Gasteiger partial charge in [-0.1, -0.05) is 41.4 Å². The van der Waals surface area contributed by atoms with Crippen LogP contribution in [0.4, 0.5) is 4.39 Å². The predicted octanol–water partition coefficient (Wildman–Crippen LogP) is 3.85. The Hall–Kier alpha value is -1.98. The van der Waals surface area contributed by atoms with E-state index in [2.05, 4.69) is 10.3 Å². The number of nitrogens with one attached hydrogen (secondary N) is 1. The standard InChI is InChI=1S/C17H13Cl2FN2O2/c18-12-5-1-3-10(14(12)19)9-22-16(24)17(20)7-6-13(23)15-11(17)4-2-8-21-15/h1-5,8H,6-7,9H2,(H,22,24)/t17-/m0/s1. The summed E-state index contributed by atoms with van der Waals surface area (Å²) in [5, 5.41) is 3.21. The molecule has 1 aromatic carbocycles. The SMILES string of the molecule is O=C1CC[C@@](F)(C(=O)NCc2cccc(Cl)c2Cl)c2cccnc21. The average Bonchev–Trinajstić information content (AvgIpc) is 2.59. The van der Waals surface area contributed by atoms with Crippen molar-refractivity contribution in [3.05, 3.63) is 63.4 Å². The zero-order valence-electron chi connectivity index (χ0n) is 12.5. The summed E-state index contributed by atoms with van der Waals surface area (Å²) < 4.78 is 15.4. The van der Waals surface area contributed by atoms with Crippen molar-refractivity contribution in [2.24, 2.45) is 0 Å². The molecule has 1 N–H and O–H groups in total. The van der Waals surface area contributed by atoms with E-state index in [4.69, 9.17) is 23.2 Å². The highest BCUT2D eigenvalue weighted by Crippen LogP contribution is 2.38. The number of halogens is 3. The topological polar surface area (TPSA) is 59.1 Å². The minimum atomic E-state index is -2.29. The van der Waals surface area contributed by atoms with E-state index in [-0.39, 0.29) is 36.4 Å². The Morgan fingerprint density at radius 1 is 1.29 bits per heavy atom. The third kappa shape index (κ3) is 2.89. The van der Waals surface area contributed by atoms with Crippen LogP contribution in [0.3, 0.4) is 0 Å². The molecular weight excluding hydrogens is 354 g/mol. The Kier molecular flexibility index (Phi) is 4.56. The maximum atomic E-state index is 15.4. The molecule has 1 aliphatic carbocycles. The molecule has 1 amide bonds. The molecule has 24 heavy (non-hydrogen) atoms. The number of ketones is 1. The number of nitrogens with zero attached hydrogens (tertiary/aromatic N) is 1. The van der Waals surface area contributed by atoms with Crippen LogP contribution in [0.25, 0.3) is 0 Å². The quantitative estimate of drug-likeness (QED) is 0.897. The number of carbonyl (C=O) groups is 2. The molecule has 0 unspecified atom stereocenters. The second-order valence-electron chi connectivity index (χ2n) is 5.52. The highest BCUT2D eigenvalue weighted by Gasteiger charge is 2.46. The zero-order chi connectivity index (χ0) is 17.3. The minimum absolute atomic E-state index is 0.0101. The van der Waals surface area contributed by atoms with Gasteiger partial charge < -0.3 is 5.32 Å². The van der Waals surface area contributed by atoms with Gasteiger partial charge in [-0.3, -0.25) is 14.6 Å². The molecular formula is C17H13Cl2FN2O2. The van der Waals surface area contributed by atoms with Crippen LogP contribution >= 0.6 is 23.2 Å². The number of fused-ring (bicyclic) bond motifs is 1. The van der Waals surface area contributed by atoms with Gasteiger partial charge in [0.05, 0.1) is 10.0 Å². The van der Waals surface area contributed by atoms with Crippen LogP contribution in [-0.2, 0) is 17.0 Å². The second-order valence-corrected chi connectivity index (χ2v) is 6.30. The lowest BCUT2D eigenvalue weighted by atomic mass is 9.81. The van der Waals surface area contributed by atoms with E-state index in [1.807, 2.05) is 0 Å². The van der Waals surface area contributed by atoms with Gasteiger partial charge in [0, 0.05) is 31.1 Å². The van der Waals surface area contributed by atoms with Crippen LogP contribution in [0.2, 0.25) is 10.0 Å². The molecule has 124 valence electrons. The first-order valence-corrected chi connectivity index (χ1v) is 8.08. The first-order valence-electron chi connectivity index (χ1n) is 7.32. The molecule has 0 fully saturated rings. The van der Waals surface area contributed by atoms with Crippen molar-refractivity contribution in [3.63, 3.8) is 0 Å². The highest BCUT2D eigenvalue weighted by molar-refractivity contribution is 6.42. The van der Waals surface area contributed by atoms with Gasteiger partial charge in [-0.25, -0.2) is 4.39 Å². The summed E-state index contributed by atoms with van der Waals surface area (Å²) in [6.07, 6.45) is 1.14. The number of rotatable bonds is 3. The van der Waals surface area contributed by atoms with Gasteiger partial charge in [0.15, 0.2) is 5.78 Å². The predicted molar refractivity (Wildman–Crippen MR) is 88.9 cm³/mol. The number of carbonyl (C=O) groups excluding carboxylic acids is 2. The number of Topliss-reactive ketones (excluding diaryl/α,β-unsaturated/α-hetero) is 1. The summed E-state index contributed by atoms with van der Waals surface area (Å²) in [6, 6.07) is 7.94. The molecule has 0 bridgehead atoms. The molecule has 1 atom stereocenters. The number of benzene rings is 1. The first-order chi connectivity index (χ1) is 11.4. The lowest BCUT2D eigenvalue weighted by Gasteiger charge is -2.29. The van der Waals surface area contributed by atoms with Crippen molar-refractivity contribution in [1.82, 2.24) is 10.3 Å². The number of aromatic nitrogens is 1. The Labute approximate surface area is 148 Å². The van der Waals surface area contributed by atoms with Crippen molar-refractivity contribution >= 4 is 34.9 Å². The van der Waals surface area contributed by atoms with E-state index in [1.54, 1.807) is 18.2 Å². The zero-order valence-corrected chi connectivity index (χ0v) is 14.0. The molecule has 1 heterocycles. The van der Waals surface area contributed by atoms with Gasteiger partial charge in [-0.15, -0.1) is 0 Å². The monoisotopic (exact) mass is 366 g/mol. The van der Waals surface area contributed by atoms with E-state index in [0.29, 0.717) is 15.6 Å². The Morgan fingerprint density at radius 2 is 2.08 bits per heavy atom. The van der Waals surface area contributed by atoms with E-state index in [9.17, 15) is 9.59 Å². The van der Waals surface area contributed by atoms with Crippen LogP contribution < -0.4 is 5.32 Å². The van der Waals surface area contributed by atoms with Crippen molar-refractivity contribution in [2.75, 3.05) is 0 Å². The van der Waals surface area contributed by atoms with E-state index in [0.717, 1.165) is 0 Å². The van der Waals surface area contributed by atoms with Gasteiger partial charge >= 0.3 is 0 Å². The van der Waals surface area contributed by atoms with Gasteiger partial charge in [0.2, 0.25) is 5.67 Å². The van der Waals surface area contributed by atoms with Crippen molar-refractivity contribution in [3.8, 4) is 0 Å². The number of hydrogen-bond acceptors (Lipinski definition) is 3. The third-order valence-corrected chi connectivity index (χ3v) is 4.88. The fraction of sp³-hybridized carbons (Fsp3) is 0.235. The highest BCUT2D eigenvalue weighted by atomic mass is 35.5. The van der Waals surface area contributed by atoms with E-state index < -0.39 is 11.6 Å². The van der Waals surface area contributed by atoms with Crippen LogP contribution in [-0.4, -0.2) is 16.7 Å².